The normalized spacial score (nSPS) is 10.3. The van der Waals surface area contributed by atoms with Gasteiger partial charge in [0, 0.05) is 15.5 Å². The highest BCUT2D eigenvalue weighted by Gasteiger charge is 2.11. The van der Waals surface area contributed by atoms with Crippen LogP contribution in [0.15, 0.2) is 52.3 Å². The molecular weight excluding hydrogens is 268 g/mol. The number of hydrogen-bond donors (Lipinski definition) is 2. The van der Waals surface area contributed by atoms with Crippen molar-refractivity contribution in [2.75, 3.05) is 5.73 Å². The van der Waals surface area contributed by atoms with Gasteiger partial charge < -0.3 is 11.5 Å². The van der Waals surface area contributed by atoms with Crippen molar-refractivity contribution in [2.24, 2.45) is 5.73 Å². The van der Waals surface area contributed by atoms with E-state index in [1.54, 1.807) is 24.3 Å². The molecule has 0 saturated heterocycles. The molecule has 0 bridgehead atoms. The van der Waals surface area contributed by atoms with Gasteiger partial charge in [-0.3, -0.25) is 4.79 Å². The van der Waals surface area contributed by atoms with E-state index < -0.39 is 5.91 Å². The van der Waals surface area contributed by atoms with Crippen LogP contribution < -0.4 is 11.5 Å². The molecule has 0 aliphatic rings. The number of carbonyl (C=O) groups excluding carboxylic acids is 1. The Morgan fingerprint density at radius 3 is 2.50 bits per heavy atom. The second-order valence-corrected chi connectivity index (χ2v) is 5.14. The lowest BCUT2D eigenvalue weighted by molar-refractivity contribution is 0.0997. The predicted molar refractivity (Wildman–Crippen MR) is 74.9 cm³/mol. The molecule has 0 heterocycles. The van der Waals surface area contributed by atoms with E-state index in [0.29, 0.717) is 21.2 Å². The van der Waals surface area contributed by atoms with Crippen LogP contribution in [0.4, 0.5) is 5.69 Å². The fourth-order valence-corrected chi connectivity index (χ4v) is 2.75. The van der Waals surface area contributed by atoms with Crippen LogP contribution >= 0.6 is 23.4 Å². The van der Waals surface area contributed by atoms with E-state index in [0.717, 1.165) is 4.90 Å². The summed E-state index contributed by atoms with van der Waals surface area (Å²) in [6.07, 6.45) is 0. The third-order valence-corrected chi connectivity index (χ3v) is 3.90. The minimum absolute atomic E-state index is 0.439. The lowest BCUT2D eigenvalue weighted by Gasteiger charge is -2.08. The highest BCUT2D eigenvalue weighted by Crippen LogP contribution is 2.35. The third kappa shape index (κ3) is 2.78. The number of primary amides is 1. The summed E-state index contributed by atoms with van der Waals surface area (Å²) in [4.78, 5) is 12.9. The quantitative estimate of drug-likeness (QED) is 0.847. The van der Waals surface area contributed by atoms with Crippen LogP contribution in [0.5, 0.6) is 0 Å². The number of halogens is 1. The summed E-state index contributed by atoms with van der Waals surface area (Å²) in [5.41, 5.74) is 12.1. The van der Waals surface area contributed by atoms with Crippen LogP contribution in [0.1, 0.15) is 10.4 Å². The fourth-order valence-electron chi connectivity index (χ4n) is 1.47. The van der Waals surface area contributed by atoms with Crippen molar-refractivity contribution in [1.82, 2.24) is 0 Å². The van der Waals surface area contributed by atoms with Crippen molar-refractivity contribution < 1.29 is 4.79 Å². The molecule has 0 unspecified atom stereocenters. The maximum absolute atomic E-state index is 11.3. The number of nitrogen functional groups attached to an aromatic ring is 1. The second-order valence-electron chi connectivity index (χ2n) is 3.65. The highest BCUT2D eigenvalue weighted by atomic mass is 35.5. The molecule has 4 N–H and O–H groups in total. The maximum atomic E-state index is 11.3. The smallest absolute Gasteiger partial charge is 0.249 e. The number of benzene rings is 2. The summed E-state index contributed by atoms with van der Waals surface area (Å²) in [5.74, 6) is -0.482. The van der Waals surface area contributed by atoms with E-state index in [1.807, 2.05) is 18.2 Å². The van der Waals surface area contributed by atoms with Gasteiger partial charge in [-0.1, -0.05) is 35.5 Å². The number of hydrogen-bond acceptors (Lipinski definition) is 3. The number of amides is 1. The lowest BCUT2D eigenvalue weighted by atomic mass is 10.2. The first-order valence-corrected chi connectivity index (χ1v) is 6.39. The van der Waals surface area contributed by atoms with Gasteiger partial charge in [0.15, 0.2) is 0 Å². The molecule has 0 radical (unpaired) electrons. The first kappa shape index (κ1) is 12.8. The van der Waals surface area contributed by atoms with E-state index >= 15 is 0 Å². The maximum Gasteiger partial charge on any atom is 0.249 e. The second kappa shape index (κ2) is 5.33. The van der Waals surface area contributed by atoms with Gasteiger partial charge in [0.25, 0.3) is 0 Å². The standard InChI is InChI=1S/C13H11ClN2OS/c14-10-3-1-2-4-11(10)18-12-7-8(15)5-6-9(12)13(16)17/h1-7H,15H2,(H2,16,17). The molecule has 2 aromatic carbocycles. The van der Waals surface area contributed by atoms with Crippen LogP contribution in [-0.4, -0.2) is 5.91 Å². The van der Waals surface area contributed by atoms with E-state index in [9.17, 15) is 4.79 Å². The summed E-state index contributed by atoms with van der Waals surface area (Å²) in [5, 5.41) is 0.625. The third-order valence-electron chi connectivity index (χ3n) is 2.33. The minimum atomic E-state index is -0.482. The van der Waals surface area contributed by atoms with Gasteiger partial charge in [-0.2, -0.15) is 0 Å². The molecule has 0 saturated carbocycles. The van der Waals surface area contributed by atoms with Crippen LogP contribution in [-0.2, 0) is 0 Å². The first-order chi connectivity index (χ1) is 8.58. The van der Waals surface area contributed by atoms with E-state index in [2.05, 4.69) is 0 Å². The molecule has 0 aliphatic heterocycles. The topological polar surface area (TPSA) is 69.1 Å². The molecule has 5 heteroatoms. The molecule has 0 spiro atoms. The van der Waals surface area contributed by atoms with E-state index in [-0.39, 0.29) is 0 Å². The molecule has 18 heavy (non-hydrogen) atoms. The Bertz CT molecular complexity index is 601. The van der Waals surface area contributed by atoms with Gasteiger partial charge in [0.1, 0.15) is 0 Å². The number of nitrogens with two attached hydrogens (primary N) is 2. The van der Waals surface area contributed by atoms with Crippen LogP contribution in [0.2, 0.25) is 5.02 Å². The van der Waals surface area contributed by atoms with Crippen LogP contribution in [0.25, 0.3) is 0 Å². The predicted octanol–water partition coefficient (Wildman–Crippen LogP) is 3.17. The molecule has 2 rings (SSSR count). The van der Waals surface area contributed by atoms with Crippen LogP contribution in [0, 0.1) is 0 Å². The average Bonchev–Trinajstić information content (AvgIpc) is 2.32. The fraction of sp³-hybridized carbons (Fsp3) is 0. The summed E-state index contributed by atoms with van der Waals surface area (Å²) in [7, 11) is 0. The van der Waals surface area contributed by atoms with Gasteiger partial charge in [-0.15, -0.1) is 0 Å². The Balaban J connectivity index is 2.42. The minimum Gasteiger partial charge on any atom is -0.399 e. The van der Waals surface area contributed by atoms with Gasteiger partial charge in [0.2, 0.25) is 5.91 Å². The van der Waals surface area contributed by atoms with Crippen molar-refractivity contribution in [3.63, 3.8) is 0 Å². The number of carbonyl (C=O) groups is 1. The van der Waals surface area contributed by atoms with E-state index in [4.69, 9.17) is 23.1 Å². The van der Waals surface area contributed by atoms with E-state index in [1.165, 1.54) is 11.8 Å². The molecule has 0 aromatic heterocycles. The van der Waals surface area contributed by atoms with Crippen molar-refractivity contribution >= 4 is 35.0 Å². The SMILES string of the molecule is NC(=O)c1ccc(N)cc1Sc1ccccc1Cl. The molecule has 0 aliphatic carbocycles. The summed E-state index contributed by atoms with van der Waals surface area (Å²) >= 11 is 7.45. The number of anilines is 1. The van der Waals surface area contributed by atoms with Crippen LogP contribution in [0.3, 0.4) is 0 Å². The van der Waals surface area contributed by atoms with Gasteiger partial charge in [-0.25, -0.2) is 0 Å². The Labute approximate surface area is 114 Å². The van der Waals surface area contributed by atoms with Gasteiger partial charge in [-0.05, 0) is 30.3 Å². The lowest BCUT2D eigenvalue weighted by Crippen LogP contribution is -2.12. The summed E-state index contributed by atoms with van der Waals surface area (Å²) in [6, 6.07) is 12.4. The Hall–Kier alpha value is -1.65. The van der Waals surface area contributed by atoms with Gasteiger partial charge in [0.05, 0.1) is 10.6 Å². The Morgan fingerprint density at radius 1 is 1.11 bits per heavy atom. The monoisotopic (exact) mass is 278 g/mol. The molecule has 1 amide bonds. The highest BCUT2D eigenvalue weighted by molar-refractivity contribution is 7.99. The Morgan fingerprint density at radius 2 is 1.83 bits per heavy atom. The zero-order chi connectivity index (χ0) is 13.1. The molecule has 0 fully saturated rings. The number of rotatable bonds is 3. The van der Waals surface area contributed by atoms with Crippen molar-refractivity contribution in [3.8, 4) is 0 Å². The van der Waals surface area contributed by atoms with Crippen molar-refractivity contribution in [3.05, 3.63) is 53.1 Å². The zero-order valence-corrected chi connectivity index (χ0v) is 11.0. The first-order valence-electron chi connectivity index (χ1n) is 5.19. The van der Waals surface area contributed by atoms with Gasteiger partial charge >= 0.3 is 0 Å². The molecule has 0 atom stereocenters. The largest absolute Gasteiger partial charge is 0.399 e. The zero-order valence-electron chi connectivity index (χ0n) is 9.39. The average molecular weight is 279 g/mol. The van der Waals surface area contributed by atoms with Crippen molar-refractivity contribution in [2.45, 2.75) is 9.79 Å². The molecule has 2 aromatic rings. The molecular formula is C13H11ClN2OS. The summed E-state index contributed by atoms with van der Waals surface area (Å²) in [6.45, 7) is 0. The Kier molecular flexibility index (Phi) is 3.79. The molecule has 3 nitrogen and oxygen atoms in total. The molecule has 92 valence electrons. The summed E-state index contributed by atoms with van der Waals surface area (Å²) < 4.78 is 0. The van der Waals surface area contributed by atoms with Crippen molar-refractivity contribution in [1.29, 1.82) is 0 Å².